The van der Waals surface area contributed by atoms with Gasteiger partial charge in [-0.25, -0.2) is 4.79 Å². The third-order valence-electron chi connectivity index (χ3n) is 2.71. The molecule has 0 aliphatic heterocycles. The average molecular weight is 294 g/mol. The summed E-state index contributed by atoms with van der Waals surface area (Å²) in [6.07, 6.45) is 1.45. The van der Waals surface area contributed by atoms with Crippen LogP contribution in [-0.2, 0) is 4.74 Å². The number of nitrogens with two attached hydrogens (primary N) is 1. The van der Waals surface area contributed by atoms with Gasteiger partial charge in [0, 0.05) is 23.6 Å². The number of hydrogen-bond donors (Lipinski definition) is 1. The van der Waals surface area contributed by atoms with Crippen LogP contribution in [0.25, 0.3) is 10.4 Å². The number of ether oxygens (including phenoxy) is 3. The van der Waals surface area contributed by atoms with E-state index in [9.17, 15) is 4.79 Å². The van der Waals surface area contributed by atoms with Crippen LogP contribution in [0.2, 0.25) is 0 Å². The first kappa shape index (κ1) is 16.5. The van der Waals surface area contributed by atoms with Crippen molar-refractivity contribution in [3.63, 3.8) is 0 Å². The van der Waals surface area contributed by atoms with Gasteiger partial charge in [0.15, 0.2) is 11.5 Å². The molecule has 0 fully saturated rings. The Labute approximate surface area is 122 Å². The quantitative estimate of drug-likeness (QED) is 0.197. The van der Waals surface area contributed by atoms with Crippen LogP contribution in [-0.4, -0.2) is 33.3 Å². The molecule has 114 valence electrons. The molecule has 8 nitrogen and oxygen atoms in total. The zero-order chi connectivity index (χ0) is 15.7. The molecular weight excluding hydrogens is 276 g/mol. The van der Waals surface area contributed by atoms with E-state index in [0.717, 1.165) is 12.8 Å². The lowest BCUT2D eigenvalue weighted by Gasteiger charge is -2.13. The molecule has 0 amide bonds. The van der Waals surface area contributed by atoms with Gasteiger partial charge in [-0.05, 0) is 18.4 Å². The van der Waals surface area contributed by atoms with E-state index in [1.54, 1.807) is 0 Å². The SMILES string of the molecule is COC(=O)c1cc(OC)c(OCCCCN=[N+]=[N-])cc1N. The van der Waals surface area contributed by atoms with E-state index in [-0.39, 0.29) is 11.3 Å². The number of azide groups is 1. The van der Waals surface area contributed by atoms with Gasteiger partial charge in [-0.3, -0.25) is 0 Å². The predicted molar refractivity (Wildman–Crippen MR) is 77.5 cm³/mol. The van der Waals surface area contributed by atoms with E-state index in [1.807, 2.05) is 0 Å². The first-order valence-corrected chi connectivity index (χ1v) is 6.33. The Morgan fingerprint density at radius 3 is 2.71 bits per heavy atom. The first-order chi connectivity index (χ1) is 10.1. The van der Waals surface area contributed by atoms with Gasteiger partial charge in [0.05, 0.1) is 32.1 Å². The van der Waals surface area contributed by atoms with Crippen LogP contribution in [0.3, 0.4) is 0 Å². The fourth-order valence-electron chi connectivity index (χ4n) is 1.65. The van der Waals surface area contributed by atoms with Crippen LogP contribution in [0.4, 0.5) is 5.69 Å². The Morgan fingerprint density at radius 2 is 2.10 bits per heavy atom. The number of nitrogens with zero attached hydrogens (tertiary/aromatic N) is 3. The molecule has 0 aromatic heterocycles. The summed E-state index contributed by atoms with van der Waals surface area (Å²) in [4.78, 5) is 14.2. The number of benzene rings is 1. The molecule has 0 aliphatic carbocycles. The highest BCUT2D eigenvalue weighted by Gasteiger charge is 2.15. The van der Waals surface area contributed by atoms with Gasteiger partial charge in [-0.15, -0.1) is 0 Å². The monoisotopic (exact) mass is 294 g/mol. The minimum Gasteiger partial charge on any atom is -0.493 e. The maximum Gasteiger partial charge on any atom is 0.340 e. The molecule has 1 aromatic rings. The largest absolute Gasteiger partial charge is 0.493 e. The second-order valence-electron chi connectivity index (χ2n) is 4.09. The van der Waals surface area contributed by atoms with Crippen LogP contribution in [0.5, 0.6) is 11.5 Å². The summed E-state index contributed by atoms with van der Waals surface area (Å²) in [5, 5.41) is 3.43. The zero-order valence-corrected chi connectivity index (χ0v) is 12.0. The number of anilines is 1. The van der Waals surface area contributed by atoms with Gasteiger partial charge in [-0.2, -0.15) is 0 Å². The highest BCUT2D eigenvalue weighted by atomic mass is 16.5. The average Bonchev–Trinajstić information content (AvgIpc) is 2.50. The molecule has 0 spiro atoms. The number of hydrogen-bond acceptors (Lipinski definition) is 6. The predicted octanol–water partition coefficient (Wildman–Crippen LogP) is 2.53. The van der Waals surface area contributed by atoms with Crippen LogP contribution < -0.4 is 15.2 Å². The highest BCUT2D eigenvalue weighted by molar-refractivity contribution is 5.96. The van der Waals surface area contributed by atoms with E-state index < -0.39 is 5.97 Å². The minimum atomic E-state index is -0.535. The fourth-order valence-corrected chi connectivity index (χ4v) is 1.65. The first-order valence-electron chi connectivity index (χ1n) is 6.33. The van der Waals surface area contributed by atoms with E-state index in [2.05, 4.69) is 14.8 Å². The van der Waals surface area contributed by atoms with Crippen molar-refractivity contribution in [3.05, 3.63) is 28.1 Å². The van der Waals surface area contributed by atoms with Crippen molar-refractivity contribution in [1.82, 2.24) is 0 Å². The number of methoxy groups -OCH3 is 2. The summed E-state index contributed by atoms with van der Waals surface area (Å²) in [7, 11) is 2.75. The molecule has 0 saturated carbocycles. The Bertz CT molecular complexity index is 541. The zero-order valence-electron chi connectivity index (χ0n) is 12.0. The molecule has 1 rings (SSSR count). The van der Waals surface area contributed by atoms with Gasteiger partial charge >= 0.3 is 5.97 Å². The molecule has 0 atom stereocenters. The molecule has 2 N–H and O–H groups in total. The molecule has 1 aromatic carbocycles. The Morgan fingerprint density at radius 1 is 1.33 bits per heavy atom. The maximum absolute atomic E-state index is 11.5. The minimum absolute atomic E-state index is 0.227. The van der Waals surface area contributed by atoms with Gasteiger partial charge in [-0.1, -0.05) is 5.11 Å². The summed E-state index contributed by atoms with van der Waals surface area (Å²) in [5.74, 6) is 0.317. The molecule has 0 saturated heterocycles. The van der Waals surface area contributed by atoms with Gasteiger partial charge in [0.1, 0.15) is 0 Å². The maximum atomic E-state index is 11.5. The molecular formula is C13H18N4O4. The van der Waals surface area contributed by atoms with E-state index in [4.69, 9.17) is 20.7 Å². The third kappa shape index (κ3) is 4.77. The number of unbranched alkanes of at least 4 members (excludes halogenated alkanes) is 1. The second-order valence-corrected chi connectivity index (χ2v) is 4.09. The smallest absolute Gasteiger partial charge is 0.340 e. The van der Waals surface area contributed by atoms with Gasteiger partial charge in [0.2, 0.25) is 0 Å². The summed E-state index contributed by atoms with van der Waals surface area (Å²) in [6, 6.07) is 3.01. The van der Waals surface area contributed by atoms with Crippen LogP contribution in [0.15, 0.2) is 17.2 Å². The number of carbonyl (C=O) groups excluding carboxylic acids is 1. The normalized spacial score (nSPS) is 9.62. The van der Waals surface area contributed by atoms with Gasteiger partial charge in [0.25, 0.3) is 0 Å². The molecule has 0 bridgehead atoms. The van der Waals surface area contributed by atoms with E-state index in [0.29, 0.717) is 24.7 Å². The third-order valence-corrected chi connectivity index (χ3v) is 2.71. The molecule has 0 radical (unpaired) electrons. The lowest BCUT2D eigenvalue weighted by Crippen LogP contribution is -2.08. The summed E-state index contributed by atoms with van der Waals surface area (Å²) >= 11 is 0. The fraction of sp³-hybridized carbons (Fsp3) is 0.462. The summed E-state index contributed by atoms with van der Waals surface area (Å²) in [6.45, 7) is 0.856. The van der Waals surface area contributed by atoms with Crippen molar-refractivity contribution in [2.75, 3.05) is 33.1 Å². The molecule has 0 unspecified atom stereocenters. The van der Waals surface area contributed by atoms with Crippen molar-refractivity contribution in [3.8, 4) is 11.5 Å². The summed E-state index contributed by atoms with van der Waals surface area (Å²) < 4.78 is 15.4. The Kier molecular flexibility index (Phi) is 6.70. The number of esters is 1. The van der Waals surface area contributed by atoms with Crippen molar-refractivity contribution >= 4 is 11.7 Å². The van der Waals surface area contributed by atoms with Crippen molar-refractivity contribution in [2.45, 2.75) is 12.8 Å². The molecule has 0 aliphatic rings. The molecule has 0 heterocycles. The van der Waals surface area contributed by atoms with Crippen LogP contribution in [0, 0.1) is 0 Å². The molecule has 8 heteroatoms. The topological polar surface area (TPSA) is 120 Å². The van der Waals surface area contributed by atoms with Gasteiger partial charge < -0.3 is 19.9 Å². The lowest BCUT2D eigenvalue weighted by molar-refractivity contribution is 0.0601. The lowest BCUT2D eigenvalue weighted by atomic mass is 10.1. The Hall–Kier alpha value is -2.60. The number of carbonyl (C=O) groups is 1. The standard InChI is InChI=1S/C13H18N4O4/c1-19-11-7-9(13(18)20-2)10(14)8-12(11)21-6-4-3-5-16-17-15/h7-8H,3-6,14H2,1-2H3. The van der Waals surface area contributed by atoms with E-state index >= 15 is 0 Å². The Balaban J connectivity index is 2.71. The van der Waals surface area contributed by atoms with Crippen molar-refractivity contribution in [2.24, 2.45) is 5.11 Å². The van der Waals surface area contributed by atoms with Crippen molar-refractivity contribution < 1.29 is 19.0 Å². The van der Waals surface area contributed by atoms with Crippen molar-refractivity contribution in [1.29, 1.82) is 0 Å². The van der Waals surface area contributed by atoms with Crippen LogP contribution >= 0.6 is 0 Å². The number of nitrogen functional groups attached to an aromatic ring is 1. The number of rotatable bonds is 8. The highest BCUT2D eigenvalue weighted by Crippen LogP contribution is 2.32. The second kappa shape index (κ2) is 8.55. The van der Waals surface area contributed by atoms with Crippen LogP contribution in [0.1, 0.15) is 23.2 Å². The summed E-state index contributed by atoms with van der Waals surface area (Å²) in [5.41, 5.74) is 14.4. The van der Waals surface area contributed by atoms with E-state index in [1.165, 1.54) is 26.4 Å². The molecule has 21 heavy (non-hydrogen) atoms.